The Balaban J connectivity index is 2.55. The number of hydrogen-bond donors (Lipinski definition) is 0. The number of rotatable bonds is 3. The summed E-state index contributed by atoms with van der Waals surface area (Å²) in [7, 11) is -2.47. The summed E-state index contributed by atoms with van der Waals surface area (Å²) in [6.07, 6.45) is 0. The summed E-state index contributed by atoms with van der Waals surface area (Å²) in [5, 5.41) is 0. The largest absolute Gasteiger partial charge is 0.269 e. The molecule has 0 aromatic heterocycles. The Hall–Kier alpha value is -1.88. The molecule has 5 heteroatoms. The van der Waals surface area contributed by atoms with E-state index in [1.807, 2.05) is 19.9 Å². The lowest BCUT2D eigenvalue weighted by molar-refractivity contribution is 0.566. The van der Waals surface area contributed by atoms with E-state index in [1.165, 1.54) is 25.2 Å². The molecule has 0 unspecified atom stereocenters. The minimum atomic E-state index is -3.90. The predicted octanol–water partition coefficient (Wildman–Crippen LogP) is 3.27. The molecule has 0 spiro atoms. The van der Waals surface area contributed by atoms with E-state index in [4.69, 9.17) is 0 Å². The Bertz CT molecular complexity index is 741. The third-order valence-corrected chi connectivity index (χ3v) is 5.20. The SMILES string of the molecule is Cc1cccc(N(C)S(=O)(=O)c2ccccc2F)c1C. The van der Waals surface area contributed by atoms with Crippen LogP contribution in [-0.4, -0.2) is 15.5 Å². The lowest BCUT2D eigenvalue weighted by Crippen LogP contribution is -2.28. The molecule has 106 valence electrons. The molecule has 3 nitrogen and oxygen atoms in total. The first-order valence-corrected chi connectivity index (χ1v) is 7.59. The average molecular weight is 293 g/mol. The van der Waals surface area contributed by atoms with Crippen LogP contribution in [-0.2, 0) is 10.0 Å². The van der Waals surface area contributed by atoms with E-state index in [0.29, 0.717) is 5.69 Å². The maximum atomic E-state index is 13.7. The van der Waals surface area contributed by atoms with Gasteiger partial charge in [0.25, 0.3) is 10.0 Å². The second-order valence-electron chi connectivity index (χ2n) is 4.62. The number of halogens is 1. The van der Waals surface area contributed by atoms with Crippen molar-refractivity contribution in [2.75, 3.05) is 11.4 Å². The number of aryl methyl sites for hydroxylation is 1. The number of hydrogen-bond acceptors (Lipinski definition) is 2. The number of nitrogens with zero attached hydrogens (tertiary/aromatic N) is 1. The molecular formula is C15H16FNO2S. The normalized spacial score (nSPS) is 11.4. The molecule has 0 aliphatic carbocycles. The molecule has 0 aliphatic rings. The Kier molecular flexibility index (Phi) is 3.81. The highest BCUT2D eigenvalue weighted by molar-refractivity contribution is 7.92. The van der Waals surface area contributed by atoms with Gasteiger partial charge in [0.05, 0.1) is 5.69 Å². The zero-order valence-corrected chi connectivity index (χ0v) is 12.4. The van der Waals surface area contributed by atoms with Gasteiger partial charge in [0.1, 0.15) is 10.7 Å². The first-order valence-electron chi connectivity index (χ1n) is 6.15. The van der Waals surface area contributed by atoms with Gasteiger partial charge in [-0.05, 0) is 43.2 Å². The fourth-order valence-corrected chi connectivity index (χ4v) is 3.32. The zero-order chi connectivity index (χ0) is 14.9. The molecule has 2 aromatic rings. The quantitative estimate of drug-likeness (QED) is 0.871. The van der Waals surface area contributed by atoms with Crippen LogP contribution in [0.15, 0.2) is 47.4 Å². The fourth-order valence-electron chi connectivity index (χ4n) is 2.01. The van der Waals surface area contributed by atoms with E-state index < -0.39 is 15.8 Å². The Morgan fingerprint density at radius 2 is 1.65 bits per heavy atom. The molecule has 0 amide bonds. The smallest absolute Gasteiger partial charge is 0.266 e. The van der Waals surface area contributed by atoms with Crippen molar-refractivity contribution in [3.8, 4) is 0 Å². The molecule has 20 heavy (non-hydrogen) atoms. The number of sulfonamides is 1. The summed E-state index contributed by atoms with van der Waals surface area (Å²) in [4.78, 5) is -0.316. The summed E-state index contributed by atoms with van der Waals surface area (Å²) in [5.41, 5.74) is 2.39. The summed E-state index contributed by atoms with van der Waals surface area (Å²) < 4.78 is 39.9. The molecule has 2 aromatic carbocycles. The third-order valence-electron chi connectivity index (χ3n) is 3.39. The molecule has 0 fully saturated rings. The second-order valence-corrected chi connectivity index (χ2v) is 6.56. The predicted molar refractivity (Wildman–Crippen MR) is 77.9 cm³/mol. The van der Waals surface area contributed by atoms with Crippen molar-refractivity contribution in [2.45, 2.75) is 18.7 Å². The fraction of sp³-hybridized carbons (Fsp3) is 0.200. The van der Waals surface area contributed by atoms with Crippen LogP contribution >= 0.6 is 0 Å². The van der Waals surface area contributed by atoms with E-state index in [0.717, 1.165) is 21.5 Å². The van der Waals surface area contributed by atoms with Crippen LogP contribution in [0.25, 0.3) is 0 Å². The van der Waals surface area contributed by atoms with Gasteiger partial charge in [0.2, 0.25) is 0 Å². The monoisotopic (exact) mass is 293 g/mol. The molecule has 0 atom stereocenters. The van der Waals surface area contributed by atoms with Crippen LogP contribution in [0.1, 0.15) is 11.1 Å². The average Bonchev–Trinajstić information content (AvgIpc) is 2.41. The standard InChI is InChI=1S/C15H16FNO2S/c1-11-7-6-9-14(12(11)2)17(3)20(18,19)15-10-5-4-8-13(15)16/h4-10H,1-3H3. The van der Waals surface area contributed by atoms with E-state index in [1.54, 1.807) is 12.1 Å². The molecule has 0 N–H and O–H groups in total. The van der Waals surface area contributed by atoms with Gasteiger partial charge in [0, 0.05) is 7.05 Å². The number of benzene rings is 2. The first-order chi connectivity index (χ1) is 9.35. The molecule has 0 aliphatic heterocycles. The highest BCUT2D eigenvalue weighted by Crippen LogP contribution is 2.27. The van der Waals surface area contributed by atoms with Crippen LogP contribution in [0.3, 0.4) is 0 Å². The van der Waals surface area contributed by atoms with Crippen LogP contribution in [0.5, 0.6) is 0 Å². The highest BCUT2D eigenvalue weighted by Gasteiger charge is 2.25. The maximum absolute atomic E-state index is 13.7. The Labute approximate surface area is 118 Å². The summed E-state index contributed by atoms with van der Waals surface area (Å²) in [6, 6.07) is 10.8. The van der Waals surface area contributed by atoms with Crippen molar-refractivity contribution in [2.24, 2.45) is 0 Å². The van der Waals surface area contributed by atoms with Crippen LogP contribution < -0.4 is 4.31 Å². The van der Waals surface area contributed by atoms with Crippen LogP contribution in [0, 0.1) is 19.7 Å². The molecule has 0 heterocycles. The van der Waals surface area contributed by atoms with E-state index in [-0.39, 0.29) is 4.90 Å². The van der Waals surface area contributed by atoms with Crippen molar-refractivity contribution >= 4 is 15.7 Å². The van der Waals surface area contributed by atoms with Gasteiger partial charge in [-0.15, -0.1) is 0 Å². The topological polar surface area (TPSA) is 37.4 Å². The zero-order valence-electron chi connectivity index (χ0n) is 11.6. The van der Waals surface area contributed by atoms with Crippen molar-refractivity contribution in [1.29, 1.82) is 0 Å². The lowest BCUT2D eigenvalue weighted by atomic mass is 10.1. The first kappa shape index (κ1) is 14.5. The van der Waals surface area contributed by atoms with E-state index in [2.05, 4.69) is 0 Å². The van der Waals surface area contributed by atoms with Gasteiger partial charge >= 0.3 is 0 Å². The second kappa shape index (κ2) is 5.25. The highest BCUT2D eigenvalue weighted by atomic mass is 32.2. The van der Waals surface area contributed by atoms with Crippen LogP contribution in [0.4, 0.5) is 10.1 Å². The van der Waals surface area contributed by atoms with Gasteiger partial charge in [0.15, 0.2) is 0 Å². The molecule has 2 rings (SSSR count). The molecular weight excluding hydrogens is 277 g/mol. The Morgan fingerprint density at radius 1 is 1.00 bits per heavy atom. The van der Waals surface area contributed by atoms with Gasteiger partial charge in [-0.1, -0.05) is 24.3 Å². The lowest BCUT2D eigenvalue weighted by Gasteiger charge is -2.22. The van der Waals surface area contributed by atoms with Gasteiger partial charge < -0.3 is 0 Å². The minimum Gasteiger partial charge on any atom is -0.269 e. The van der Waals surface area contributed by atoms with Gasteiger partial charge in [-0.25, -0.2) is 12.8 Å². The summed E-state index contributed by atoms with van der Waals surface area (Å²) in [6.45, 7) is 3.75. The molecule has 0 saturated carbocycles. The minimum absolute atomic E-state index is 0.316. The van der Waals surface area contributed by atoms with Crippen molar-refractivity contribution < 1.29 is 12.8 Å². The summed E-state index contributed by atoms with van der Waals surface area (Å²) in [5.74, 6) is -0.746. The Morgan fingerprint density at radius 3 is 2.30 bits per heavy atom. The van der Waals surface area contributed by atoms with Crippen molar-refractivity contribution in [3.63, 3.8) is 0 Å². The molecule has 0 radical (unpaired) electrons. The molecule has 0 bridgehead atoms. The van der Waals surface area contributed by atoms with Crippen LogP contribution in [0.2, 0.25) is 0 Å². The van der Waals surface area contributed by atoms with Crippen molar-refractivity contribution in [3.05, 3.63) is 59.4 Å². The van der Waals surface area contributed by atoms with Crippen molar-refractivity contribution in [1.82, 2.24) is 0 Å². The molecule has 0 saturated heterocycles. The third kappa shape index (κ3) is 2.41. The van der Waals surface area contributed by atoms with Gasteiger partial charge in [-0.3, -0.25) is 4.31 Å². The number of anilines is 1. The van der Waals surface area contributed by atoms with E-state index in [9.17, 15) is 12.8 Å². The maximum Gasteiger partial charge on any atom is 0.266 e. The van der Waals surface area contributed by atoms with Gasteiger partial charge in [-0.2, -0.15) is 0 Å². The summed E-state index contributed by atoms with van der Waals surface area (Å²) >= 11 is 0. The van der Waals surface area contributed by atoms with E-state index >= 15 is 0 Å².